The maximum absolute atomic E-state index is 12.8. The Kier molecular flexibility index (Phi) is 4.95. The normalized spacial score (nSPS) is 27.1. The molecule has 1 N–H and O–H groups in total. The van der Waals surface area contributed by atoms with Crippen molar-refractivity contribution in [3.05, 3.63) is 34.9 Å². The summed E-state index contributed by atoms with van der Waals surface area (Å²) >= 11 is 0. The number of nitrogens with zero attached hydrogens (tertiary/aromatic N) is 1. The van der Waals surface area contributed by atoms with Gasteiger partial charge in [-0.15, -0.1) is 12.4 Å². The first-order chi connectivity index (χ1) is 9.54. The molecule has 21 heavy (non-hydrogen) atoms. The number of carbonyl (C=O) groups excluding carboxylic acids is 1. The third kappa shape index (κ3) is 3.24. The van der Waals surface area contributed by atoms with E-state index in [4.69, 9.17) is 0 Å². The van der Waals surface area contributed by atoms with Gasteiger partial charge in [0, 0.05) is 30.7 Å². The molecule has 0 radical (unpaired) electrons. The quantitative estimate of drug-likeness (QED) is 0.910. The zero-order valence-corrected chi connectivity index (χ0v) is 13.9. The van der Waals surface area contributed by atoms with Crippen LogP contribution in [0.1, 0.15) is 47.2 Å². The molecule has 2 fully saturated rings. The van der Waals surface area contributed by atoms with Gasteiger partial charge in [0.05, 0.1) is 0 Å². The SMILES string of the molecule is Cc1ccc(C)c(C(=O)N(C)C2CC3CCC(C2)N3)c1.Cl. The highest BCUT2D eigenvalue weighted by Gasteiger charge is 2.36. The first-order valence-electron chi connectivity index (χ1n) is 7.65. The molecule has 2 atom stereocenters. The van der Waals surface area contributed by atoms with Crippen LogP contribution in [0.15, 0.2) is 18.2 Å². The van der Waals surface area contributed by atoms with Gasteiger partial charge in [0.1, 0.15) is 0 Å². The van der Waals surface area contributed by atoms with E-state index in [1.807, 2.05) is 37.9 Å². The van der Waals surface area contributed by atoms with Gasteiger partial charge in [-0.25, -0.2) is 0 Å². The lowest BCUT2D eigenvalue weighted by Gasteiger charge is -2.35. The summed E-state index contributed by atoms with van der Waals surface area (Å²) in [5, 5.41) is 3.64. The summed E-state index contributed by atoms with van der Waals surface area (Å²) in [6.07, 6.45) is 4.74. The monoisotopic (exact) mass is 308 g/mol. The van der Waals surface area contributed by atoms with Crippen molar-refractivity contribution in [1.82, 2.24) is 10.2 Å². The van der Waals surface area contributed by atoms with Crippen LogP contribution in [0, 0.1) is 13.8 Å². The summed E-state index contributed by atoms with van der Waals surface area (Å²) in [7, 11) is 1.97. The molecule has 2 aliphatic heterocycles. The van der Waals surface area contributed by atoms with Gasteiger partial charge in [-0.3, -0.25) is 4.79 Å². The van der Waals surface area contributed by atoms with Gasteiger partial charge in [0.15, 0.2) is 0 Å². The van der Waals surface area contributed by atoms with Crippen molar-refractivity contribution in [3.63, 3.8) is 0 Å². The van der Waals surface area contributed by atoms with Gasteiger partial charge in [-0.05, 0) is 51.2 Å². The first-order valence-corrected chi connectivity index (χ1v) is 7.65. The Morgan fingerprint density at radius 3 is 2.43 bits per heavy atom. The van der Waals surface area contributed by atoms with Gasteiger partial charge in [-0.1, -0.05) is 17.7 Å². The molecule has 2 heterocycles. The largest absolute Gasteiger partial charge is 0.339 e. The topological polar surface area (TPSA) is 32.3 Å². The van der Waals surface area contributed by atoms with E-state index in [0.717, 1.165) is 29.5 Å². The Labute approximate surface area is 133 Å². The predicted octanol–water partition coefficient (Wildman–Crippen LogP) is 3.08. The van der Waals surface area contributed by atoms with E-state index >= 15 is 0 Å². The highest BCUT2D eigenvalue weighted by atomic mass is 35.5. The number of nitrogens with one attached hydrogen (secondary N) is 1. The zero-order valence-electron chi connectivity index (χ0n) is 13.1. The van der Waals surface area contributed by atoms with Gasteiger partial charge < -0.3 is 10.2 Å². The summed E-state index contributed by atoms with van der Waals surface area (Å²) in [6, 6.07) is 7.75. The molecule has 3 nitrogen and oxygen atoms in total. The average Bonchev–Trinajstić information content (AvgIpc) is 2.78. The number of hydrogen-bond donors (Lipinski definition) is 1. The molecule has 0 saturated carbocycles. The molecule has 2 unspecified atom stereocenters. The number of aryl methyl sites for hydroxylation is 2. The average molecular weight is 309 g/mol. The van der Waals surface area contributed by atoms with Crippen molar-refractivity contribution in [2.24, 2.45) is 0 Å². The molecule has 3 rings (SSSR count). The molecule has 0 aliphatic carbocycles. The summed E-state index contributed by atoms with van der Waals surface area (Å²) in [4.78, 5) is 14.7. The lowest BCUT2D eigenvalue weighted by molar-refractivity contribution is 0.0681. The van der Waals surface area contributed by atoms with Crippen LogP contribution in [0.4, 0.5) is 0 Å². The molecule has 4 heteroatoms. The zero-order chi connectivity index (χ0) is 14.3. The number of carbonyl (C=O) groups is 1. The van der Waals surface area contributed by atoms with Crippen molar-refractivity contribution in [2.75, 3.05) is 7.05 Å². The number of piperidine rings is 1. The maximum atomic E-state index is 12.8. The van der Waals surface area contributed by atoms with Crippen LogP contribution in [0.25, 0.3) is 0 Å². The smallest absolute Gasteiger partial charge is 0.254 e. The Morgan fingerprint density at radius 1 is 1.19 bits per heavy atom. The van der Waals surface area contributed by atoms with E-state index < -0.39 is 0 Å². The standard InChI is InChI=1S/C17H24N2O.ClH/c1-11-4-5-12(2)16(8-11)17(20)19(3)15-9-13-6-7-14(10-15)18-13;/h4-5,8,13-15,18H,6-7,9-10H2,1-3H3;1H. The first kappa shape index (κ1) is 16.3. The molecular formula is C17H25ClN2O. The summed E-state index contributed by atoms with van der Waals surface area (Å²) in [5.41, 5.74) is 3.08. The fourth-order valence-electron chi connectivity index (χ4n) is 3.67. The number of halogens is 1. The number of amides is 1. The molecule has 2 aliphatic rings. The summed E-state index contributed by atoms with van der Waals surface area (Å²) in [5.74, 6) is 0.178. The molecule has 1 aromatic carbocycles. The Bertz CT molecular complexity index is 520. The minimum absolute atomic E-state index is 0. The highest BCUT2D eigenvalue weighted by Crippen LogP contribution is 2.30. The second-order valence-electron chi connectivity index (χ2n) is 6.50. The van der Waals surface area contributed by atoms with Gasteiger partial charge in [-0.2, -0.15) is 0 Å². The fourth-order valence-corrected chi connectivity index (χ4v) is 3.67. The van der Waals surface area contributed by atoms with E-state index in [9.17, 15) is 4.79 Å². The third-order valence-electron chi connectivity index (χ3n) is 4.94. The van der Waals surface area contributed by atoms with Crippen LogP contribution in [0.3, 0.4) is 0 Å². The molecule has 2 bridgehead atoms. The van der Waals surface area contributed by atoms with Crippen LogP contribution in [0.5, 0.6) is 0 Å². The second-order valence-corrected chi connectivity index (χ2v) is 6.50. The molecule has 1 aromatic rings. The number of benzene rings is 1. The molecular weight excluding hydrogens is 284 g/mol. The van der Waals surface area contributed by atoms with E-state index in [0.29, 0.717) is 18.1 Å². The maximum Gasteiger partial charge on any atom is 0.254 e. The number of fused-ring (bicyclic) bond motifs is 2. The van der Waals surface area contributed by atoms with Crippen LogP contribution in [0.2, 0.25) is 0 Å². The predicted molar refractivity (Wildman–Crippen MR) is 88.2 cm³/mol. The number of hydrogen-bond acceptors (Lipinski definition) is 2. The van der Waals surface area contributed by atoms with Crippen LogP contribution in [-0.2, 0) is 0 Å². The molecule has 2 saturated heterocycles. The Balaban J connectivity index is 0.00000161. The van der Waals surface area contributed by atoms with Crippen LogP contribution in [-0.4, -0.2) is 36.0 Å². The van der Waals surface area contributed by atoms with Crippen LogP contribution < -0.4 is 5.32 Å². The van der Waals surface area contributed by atoms with Crippen molar-refractivity contribution in [2.45, 2.75) is 57.7 Å². The van der Waals surface area contributed by atoms with E-state index in [1.54, 1.807) is 0 Å². The third-order valence-corrected chi connectivity index (χ3v) is 4.94. The van der Waals surface area contributed by atoms with Crippen molar-refractivity contribution in [3.8, 4) is 0 Å². The number of rotatable bonds is 2. The minimum Gasteiger partial charge on any atom is -0.339 e. The molecule has 1 amide bonds. The fraction of sp³-hybridized carbons (Fsp3) is 0.588. The highest BCUT2D eigenvalue weighted by molar-refractivity contribution is 5.95. The lowest BCUT2D eigenvalue weighted by Crippen LogP contribution is -2.48. The molecule has 0 spiro atoms. The molecule has 0 aromatic heterocycles. The van der Waals surface area contributed by atoms with Crippen molar-refractivity contribution >= 4 is 18.3 Å². The Morgan fingerprint density at radius 2 is 1.81 bits per heavy atom. The summed E-state index contributed by atoms with van der Waals surface area (Å²) < 4.78 is 0. The Hall–Kier alpha value is -1.06. The van der Waals surface area contributed by atoms with Crippen LogP contribution >= 0.6 is 12.4 Å². The van der Waals surface area contributed by atoms with Gasteiger partial charge >= 0.3 is 0 Å². The van der Waals surface area contributed by atoms with Crippen molar-refractivity contribution in [1.29, 1.82) is 0 Å². The van der Waals surface area contributed by atoms with E-state index in [2.05, 4.69) is 11.4 Å². The van der Waals surface area contributed by atoms with E-state index in [1.165, 1.54) is 12.8 Å². The lowest BCUT2D eigenvalue weighted by atomic mass is 9.97. The van der Waals surface area contributed by atoms with Gasteiger partial charge in [0.25, 0.3) is 5.91 Å². The van der Waals surface area contributed by atoms with Gasteiger partial charge in [0.2, 0.25) is 0 Å². The van der Waals surface area contributed by atoms with Crippen molar-refractivity contribution < 1.29 is 4.79 Å². The minimum atomic E-state index is 0. The van der Waals surface area contributed by atoms with E-state index in [-0.39, 0.29) is 18.3 Å². The summed E-state index contributed by atoms with van der Waals surface area (Å²) in [6.45, 7) is 4.06. The molecule has 116 valence electrons. The second kappa shape index (κ2) is 6.37.